The van der Waals surface area contributed by atoms with E-state index in [1.54, 1.807) is 0 Å². The summed E-state index contributed by atoms with van der Waals surface area (Å²) < 4.78 is 88.3. The molecule has 0 atom stereocenters. The number of piperidine rings is 1. The van der Waals surface area contributed by atoms with E-state index in [0.717, 1.165) is 21.6 Å². The van der Waals surface area contributed by atoms with E-state index in [-0.39, 0.29) is 22.7 Å². The van der Waals surface area contributed by atoms with Crippen molar-refractivity contribution < 1.29 is 32.8 Å². The van der Waals surface area contributed by atoms with Gasteiger partial charge in [-0.05, 0) is 67.6 Å². The van der Waals surface area contributed by atoms with E-state index >= 15 is 0 Å². The Bertz CT molecular complexity index is 1710. The third kappa shape index (κ3) is 3.68. The number of nitrogens with two attached hydrogens (primary N) is 1. The maximum absolute atomic E-state index is 14.1. The number of hydrogen-bond donors (Lipinski definition) is 1. The Morgan fingerprint density at radius 2 is 1.71 bits per heavy atom. The summed E-state index contributed by atoms with van der Waals surface area (Å²) in [5, 5.41) is 4.04. The second-order valence-corrected chi connectivity index (χ2v) is 7.34. The summed E-state index contributed by atoms with van der Waals surface area (Å²) in [6.07, 6.45) is -6.00. The molecule has 3 heterocycles. The fourth-order valence-electron chi connectivity index (χ4n) is 3.72. The van der Waals surface area contributed by atoms with Crippen molar-refractivity contribution in [2.45, 2.75) is 25.6 Å². The summed E-state index contributed by atoms with van der Waals surface area (Å²) in [5.74, 6) is -3.18. The lowest BCUT2D eigenvalue weighted by atomic mass is 10.0. The van der Waals surface area contributed by atoms with E-state index in [1.165, 1.54) is 24.3 Å². The first kappa shape index (κ1) is 12.9. The van der Waals surface area contributed by atoms with Crippen LogP contribution in [0.25, 0.3) is 5.69 Å². The molecule has 34 heavy (non-hydrogen) atoms. The lowest BCUT2D eigenvalue weighted by Gasteiger charge is -2.29. The van der Waals surface area contributed by atoms with Crippen molar-refractivity contribution in [3.63, 3.8) is 0 Å². The van der Waals surface area contributed by atoms with Crippen LogP contribution in [0.5, 0.6) is 5.75 Å². The van der Waals surface area contributed by atoms with Crippen LogP contribution in [0, 0.1) is 0 Å². The molecule has 2 aromatic carbocycles. The van der Waals surface area contributed by atoms with Crippen LogP contribution in [-0.4, -0.2) is 47.7 Å². The van der Waals surface area contributed by atoms with Crippen LogP contribution in [-0.2, 0) is 11.2 Å². The molecular formula is C25H25N5O4. The van der Waals surface area contributed by atoms with Crippen molar-refractivity contribution >= 4 is 29.1 Å². The van der Waals surface area contributed by atoms with Crippen molar-refractivity contribution in [2.24, 2.45) is 5.73 Å². The molecule has 3 aromatic rings. The van der Waals surface area contributed by atoms with E-state index in [4.69, 9.17) is 24.2 Å². The Kier molecular flexibility index (Phi) is 3.29. The molecule has 5 rings (SSSR count). The maximum atomic E-state index is 14.1. The molecule has 1 aromatic heterocycles. The van der Waals surface area contributed by atoms with Gasteiger partial charge < -0.3 is 20.3 Å². The molecule has 0 unspecified atom stereocenters. The van der Waals surface area contributed by atoms with Gasteiger partial charge in [0.15, 0.2) is 5.69 Å². The molecule has 9 heteroatoms. The molecule has 0 radical (unpaired) electrons. The van der Waals surface area contributed by atoms with Gasteiger partial charge in [0.05, 0.1) is 21.0 Å². The first-order valence-corrected chi connectivity index (χ1v) is 10.2. The molecule has 0 aliphatic carbocycles. The second-order valence-electron chi connectivity index (χ2n) is 7.34. The van der Waals surface area contributed by atoms with Crippen LogP contribution in [0.15, 0.2) is 48.4 Å². The zero-order valence-electron chi connectivity index (χ0n) is 27.9. The number of fused-ring (bicyclic) bond motifs is 1. The highest BCUT2D eigenvalue weighted by Crippen LogP contribution is 2.31. The lowest BCUT2D eigenvalue weighted by molar-refractivity contribution is -0.119. The summed E-state index contributed by atoms with van der Waals surface area (Å²) in [4.78, 5) is 40.8. The van der Waals surface area contributed by atoms with Crippen molar-refractivity contribution in [2.75, 3.05) is 30.0 Å². The van der Waals surface area contributed by atoms with Gasteiger partial charge in [-0.2, -0.15) is 5.10 Å². The smallest absolute Gasteiger partial charge is 0.277 e. The second kappa shape index (κ2) is 8.66. The van der Waals surface area contributed by atoms with E-state index in [1.807, 2.05) is 0 Å². The number of hydrogen-bond acceptors (Lipinski definition) is 5. The third-order valence-electron chi connectivity index (χ3n) is 5.36. The monoisotopic (exact) mass is 469 g/mol. The van der Waals surface area contributed by atoms with Crippen LogP contribution < -0.4 is 20.3 Å². The average molecular weight is 470 g/mol. The Labute approximate surface area is 210 Å². The number of methoxy groups -OCH3 is 1. The predicted octanol–water partition coefficient (Wildman–Crippen LogP) is 2.70. The number of benzene rings is 2. The van der Waals surface area contributed by atoms with E-state index in [9.17, 15) is 14.4 Å². The summed E-state index contributed by atoms with van der Waals surface area (Å²) in [5.41, 5.74) is 4.08. The molecule has 0 spiro atoms. The highest BCUT2D eigenvalue weighted by Gasteiger charge is 2.34. The predicted molar refractivity (Wildman–Crippen MR) is 127 cm³/mol. The van der Waals surface area contributed by atoms with Crippen molar-refractivity contribution in [1.82, 2.24) is 9.78 Å². The molecule has 2 N–H and O–H groups in total. The summed E-state index contributed by atoms with van der Waals surface area (Å²) in [6.45, 7) is -3.03. The fourth-order valence-corrected chi connectivity index (χ4v) is 3.72. The minimum absolute atomic E-state index is 0.0140. The fraction of sp³-hybridized carbons (Fsp3) is 0.280. The molecule has 0 bridgehead atoms. The Balaban J connectivity index is 1.62. The largest absolute Gasteiger partial charge is 0.497 e. The normalized spacial score (nSPS) is 24.6. The molecule has 2 aliphatic heterocycles. The van der Waals surface area contributed by atoms with Gasteiger partial charge in [0.2, 0.25) is 5.91 Å². The zero-order valence-corrected chi connectivity index (χ0v) is 17.9. The number of carbonyl (C=O) groups excluding carboxylic acids is 3. The van der Waals surface area contributed by atoms with E-state index in [2.05, 4.69) is 5.10 Å². The standard InChI is InChI=1S/C25H25N5O4/c1-34-19-11-9-18(10-12-19)30-23-20(22(27-30)24(26)32)13-15-29(25(23)33)17-7-5-16(6-8-17)28-14-3-2-4-21(28)31/h5-12H,2-4,13-15H2,1H3,(H2,26,32)/i2D2,3D2,9D,10D,11D,12D,15D2. The Morgan fingerprint density at radius 1 is 1.03 bits per heavy atom. The molecule has 1 fully saturated rings. The lowest BCUT2D eigenvalue weighted by Crippen LogP contribution is -2.39. The number of anilines is 2. The average Bonchev–Trinajstić information content (AvgIpc) is 3.29. The van der Waals surface area contributed by atoms with Gasteiger partial charge in [0.1, 0.15) is 11.4 Å². The van der Waals surface area contributed by atoms with Gasteiger partial charge in [-0.1, -0.05) is 0 Å². The van der Waals surface area contributed by atoms with Crippen molar-refractivity contribution in [1.29, 1.82) is 0 Å². The van der Waals surface area contributed by atoms with E-state index < -0.39 is 97.6 Å². The Morgan fingerprint density at radius 3 is 2.35 bits per heavy atom. The van der Waals surface area contributed by atoms with Gasteiger partial charge in [0.25, 0.3) is 11.8 Å². The van der Waals surface area contributed by atoms with Gasteiger partial charge >= 0.3 is 0 Å². The van der Waals surface area contributed by atoms with Crippen LogP contribution >= 0.6 is 0 Å². The highest BCUT2D eigenvalue weighted by molar-refractivity contribution is 6.09. The van der Waals surface area contributed by atoms with Crippen LogP contribution in [0.1, 0.15) is 59.4 Å². The maximum Gasteiger partial charge on any atom is 0.277 e. The van der Waals surface area contributed by atoms with Gasteiger partial charge in [-0.3, -0.25) is 14.4 Å². The molecule has 1 saturated heterocycles. The van der Waals surface area contributed by atoms with Gasteiger partial charge in [-0.15, -0.1) is 0 Å². The minimum atomic E-state index is -2.47. The van der Waals surface area contributed by atoms with E-state index in [0.29, 0.717) is 0 Å². The number of carbonyl (C=O) groups is 3. The van der Waals surface area contributed by atoms with Crippen LogP contribution in [0.3, 0.4) is 0 Å². The number of amides is 3. The Hall–Kier alpha value is -4.14. The van der Waals surface area contributed by atoms with Crippen molar-refractivity contribution in [3.8, 4) is 11.4 Å². The molecule has 3 amide bonds. The molecule has 9 nitrogen and oxygen atoms in total. The number of ether oxygens (including phenoxy) is 1. The first-order valence-electron chi connectivity index (χ1n) is 15.2. The van der Waals surface area contributed by atoms with Gasteiger partial charge in [-0.25, -0.2) is 4.68 Å². The topological polar surface area (TPSA) is 111 Å². The first-order chi connectivity index (χ1) is 20.3. The van der Waals surface area contributed by atoms with Crippen molar-refractivity contribution in [3.05, 3.63) is 65.4 Å². The number of primary amides is 1. The quantitative estimate of drug-likeness (QED) is 0.618. The number of nitrogens with zero attached hydrogens (tertiary/aromatic N) is 4. The van der Waals surface area contributed by atoms with Crippen LogP contribution in [0.4, 0.5) is 11.4 Å². The molecular weight excluding hydrogens is 434 g/mol. The summed E-state index contributed by atoms with van der Waals surface area (Å²) in [7, 11) is 1.16. The number of rotatable bonds is 5. The summed E-state index contributed by atoms with van der Waals surface area (Å²) >= 11 is 0. The zero-order chi connectivity index (χ0) is 32.7. The van der Waals surface area contributed by atoms with Gasteiger partial charge in [0, 0.05) is 41.9 Å². The minimum Gasteiger partial charge on any atom is -0.497 e. The highest BCUT2D eigenvalue weighted by atomic mass is 16.5. The molecule has 0 saturated carbocycles. The van der Waals surface area contributed by atoms with Crippen LogP contribution in [0.2, 0.25) is 0 Å². The SMILES string of the molecule is [2H]c1c([2H])c(-n2nc(C(N)=O)c3c2C(=O)N(c2ccc(N4CC([2H])([2H])C([2H])([2H])CC4=O)cc2)C([2H])([2H])C3)c([2H])c([2H])c1OC. The molecule has 2 aliphatic rings. The molecule has 174 valence electrons. The number of aromatic nitrogens is 2. The summed E-state index contributed by atoms with van der Waals surface area (Å²) in [6, 6.07) is 2.87. The third-order valence-corrected chi connectivity index (χ3v) is 5.36.